The predicted molar refractivity (Wildman–Crippen MR) is 107 cm³/mol. The number of nitrogens with one attached hydrogen (secondary N) is 2. The van der Waals surface area contributed by atoms with Crippen molar-refractivity contribution in [2.75, 3.05) is 32.9 Å². The highest BCUT2D eigenvalue weighted by Gasteiger charge is 2.28. The highest BCUT2D eigenvalue weighted by molar-refractivity contribution is 7.89. The Labute approximate surface area is 176 Å². The van der Waals surface area contributed by atoms with E-state index in [0.29, 0.717) is 18.8 Å². The summed E-state index contributed by atoms with van der Waals surface area (Å²) in [5.41, 5.74) is -0.0697. The molecule has 30 heavy (non-hydrogen) atoms. The molecule has 1 aromatic carbocycles. The van der Waals surface area contributed by atoms with Gasteiger partial charge in [-0.25, -0.2) is 18.0 Å². The van der Waals surface area contributed by atoms with E-state index < -0.39 is 40.1 Å². The van der Waals surface area contributed by atoms with E-state index in [0.717, 1.165) is 0 Å². The van der Waals surface area contributed by atoms with Crippen LogP contribution in [0.2, 0.25) is 0 Å². The molecule has 1 fully saturated rings. The zero-order chi connectivity index (χ0) is 22.5. The Morgan fingerprint density at radius 3 is 2.40 bits per heavy atom. The quantitative estimate of drug-likeness (QED) is 0.646. The normalized spacial score (nSPS) is 15.3. The van der Waals surface area contributed by atoms with E-state index in [-0.39, 0.29) is 23.5 Å². The van der Waals surface area contributed by atoms with Gasteiger partial charge in [0.2, 0.25) is 10.0 Å². The first-order valence-electron chi connectivity index (χ1n) is 9.38. The van der Waals surface area contributed by atoms with Gasteiger partial charge >= 0.3 is 12.0 Å². The van der Waals surface area contributed by atoms with E-state index in [4.69, 9.17) is 9.47 Å². The first-order chi connectivity index (χ1) is 13.9. The predicted octanol–water partition coefficient (Wildman–Crippen LogP) is 0.797. The molecule has 3 amide bonds. The number of carbonyl (C=O) groups excluding carboxylic acids is 3. The van der Waals surface area contributed by atoms with Crippen LogP contribution in [0.5, 0.6) is 0 Å². The molecule has 0 saturated carbocycles. The summed E-state index contributed by atoms with van der Waals surface area (Å²) < 4.78 is 37.2. The number of sulfonamides is 1. The molecule has 0 aliphatic carbocycles. The van der Waals surface area contributed by atoms with Gasteiger partial charge in [-0.05, 0) is 45.4 Å². The smallest absolute Gasteiger partial charge is 0.338 e. The Kier molecular flexibility index (Phi) is 7.56. The number of aryl methyl sites for hydroxylation is 1. The van der Waals surface area contributed by atoms with Crippen molar-refractivity contribution in [3.8, 4) is 0 Å². The second-order valence-corrected chi connectivity index (χ2v) is 9.73. The van der Waals surface area contributed by atoms with Crippen LogP contribution in [-0.2, 0) is 24.3 Å². The molecule has 0 unspecified atom stereocenters. The number of esters is 1. The summed E-state index contributed by atoms with van der Waals surface area (Å²) in [6.07, 6.45) is 0. The van der Waals surface area contributed by atoms with Crippen molar-refractivity contribution in [1.29, 1.82) is 0 Å². The first kappa shape index (κ1) is 23.8. The highest BCUT2D eigenvalue weighted by Crippen LogP contribution is 2.22. The summed E-state index contributed by atoms with van der Waals surface area (Å²) in [5.74, 6) is -1.68. The molecule has 1 aromatic rings. The maximum absolute atomic E-state index is 12.9. The SMILES string of the molecule is Cc1ccc(C(=O)OCC(=O)NC(=O)NC(C)(C)C)cc1S(=O)(=O)N1CCOCC1. The van der Waals surface area contributed by atoms with E-state index >= 15 is 0 Å². The average molecular weight is 442 g/mol. The number of urea groups is 1. The highest BCUT2D eigenvalue weighted by atomic mass is 32.2. The molecular formula is C19H27N3O7S. The zero-order valence-electron chi connectivity index (χ0n) is 17.5. The Hall–Kier alpha value is -2.50. The third kappa shape index (κ3) is 6.51. The molecule has 1 aliphatic heterocycles. The number of hydrogen-bond acceptors (Lipinski definition) is 7. The van der Waals surface area contributed by atoms with Crippen LogP contribution in [0.15, 0.2) is 23.1 Å². The fraction of sp³-hybridized carbons (Fsp3) is 0.526. The lowest BCUT2D eigenvalue weighted by Crippen LogP contribution is -2.49. The lowest BCUT2D eigenvalue weighted by molar-refractivity contribution is -0.123. The molecule has 0 bridgehead atoms. The van der Waals surface area contributed by atoms with E-state index in [2.05, 4.69) is 10.6 Å². The van der Waals surface area contributed by atoms with Crippen molar-refractivity contribution in [3.63, 3.8) is 0 Å². The minimum atomic E-state index is -3.80. The van der Waals surface area contributed by atoms with Crippen molar-refractivity contribution < 1.29 is 32.3 Å². The number of amides is 3. The molecule has 10 nitrogen and oxygen atoms in total. The van der Waals surface area contributed by atoms with Crippen LogP contribution in [-0.4, -0.2) is 69.1 Å². The van der Waals surface area contributed by atoms with Crippen molar-refractivity contribution >= 4 is 27.9 Å². The summed E-state index contributed by atoms with van der Waals surface area (Å²) in [7, 11) is -3.80. The second-order valence-electron chi connectivity index (χ2n) is 7.83. The Bertz CT molecular complexity index is 917. The van der Waals surface area contributed by atoms with Crippen LogP contribution in [0, 0.1) is 6.92 Å². The van der Waals surface area contributed by atoms with Gasteiger partial charge < -0.3 is 14.8 Å². The van der Waals surface area contributed by atoms with Gasteiger partial charge in [0.1, 0.15) is 0 Å². The number of imide groups is 1. The molecule has 11 heteroatoms. The Morgan fingerprint density at radius 2 is 1.80 bits per heavy atom. The molecule has 1 heterocycles. The number of morpholine rings is 1. The van der Waals surface area contributed by atoms with Crippen LogP contribution in [0.4, 0.5) is 4.79 Å². The van der Waals surface area contributed by atoms with Crippen molar-refractivity contribution in [2.24, 2.45) is 0 Å². The molecule has 0 atom stereocenters. The van der Waals surface area contributed by atoms with Crippen LogP contribution in [0.25, 0.3) is 0 Å². The first-order valence-corrected chi connectivity index (χ1v) is 10.8. The topological polar surface area (TPSA) is 131 Å². The van der Waals surface area contributed by atoms with Gasteiger partial charge in [0.15, 0.2) is 6.61 Å². The summed E-state index contributed by atoms with van der Waals surface area (Å²) in [6, 6.07) is 3.44. The zero-order valence-corrected chi connectivity index (χ0v) is 18.3. The third-order valence-corrected chi connectivity index (χ3v) is 6.13. The molecular weight excluding hydrogens is 414 g/mol. The van der Waals surface area contributed by atoms with Crippen molar-refractivity contribution in [2.45, 2.75) is 38.1 Å². The van der Waals surface area contributed by atoms with Gasteiger partial charge in [-0.1, -0.05) is 6.07 Å². The summed E-state index contributed by atoms with van der Waals surface area (Å²) in [6.45, 7) is 7.25. The number of hydrogen-bond donors (Lipinski definition) is 2. The minimum absolute atomic E-state index is 0.00661. The molecule has 166 valence electrons. The molecule has 0 radical (unpaired) electrons. The Balaban J connectivity index is 2.04. The summed E-state index contributed by atoms with van der Waals surface area (Å²) in [5, 5.41) is 4.59. The Morgan fingerprint density at radius 1 is 1.17 bits per heavy atom. The number of ether oxygens (including phenoxy) is 2. The fourth-order valence-electron chi connectivity index (χ4n) is 2.68. The lowest BCUT2D eigenvalue weighted by Gasteiger charge is -2.26. The van der Waals surface area contributed by atoms with Crippen molar-refractivity contribution in [3.05, 3.63) is 29.3 Å². The average Bonchev–Trinajstić information content (AvgIpc) is 2.65. The summed E-state index contributed by atoms with van der Waals surface area (Å²) >= 11 is 0. The largest absolute Gasteiger partial charge is 0.452 e. The molecule has 2 rings (SSSR count). The maximum atomic E-state index is 12.9. The monoisotopic (exact) mass is 441 g/mol. The van der Waals surface area contributed by atoms with Crippen LogP contribution < -0.4 is 10.6 Å². The summed E-state index contributed by atoms with van der Waals surface area (Å²) in [4.78, 5) is 35.8. The van der Waals surface area contributed by atoms with Crippen LogP contribution in [0.3, 0.4) is 0 Å². The number of benzene rings is 1. The van der Waals surface area contributed by atoms with Crippen molar-refractivity contribution in [1.82, 2.24) is 14.9 Å². The lowest BCUT2D eigenvalue weighted by atomic mass is 10.1. The van der Waals surface area contributed by atoms with Crippen LogP contribution in [0.1, 0.15) is 36.7 Å². The van der Waals surface area contributed by atoms with E-state index in [1.165, 1.54) is 22.5 Å². The molecule has 0 aromatic heterocycles. The van der Waals surface area contributed by atoms with Gasteiger partial charge in [0.05, 0.1) is 23.7 Å². The third-order valence-electron chi connectivity index (χ3n) is 4.09. The standard InChI is InChI=1S/C19H27N3O7S/c1-13-5-6-14(11-15(13)30(26,27)22-7-9-28-10-8-22)17(24)29-12-16(23)20-18(25)21-19(2,3)4/h5-6,11H,7-10,12H2,1-4H3,(H2,20,21,23,25). The van der Waals surface area contributed by atoms with E-state index in [1.807, 2.05) is 0 Å². The minimum Gasteiger partial charge on any atom is -0.452 e. The van der Waals surface area contributed by atoms with Gasteiger partial charge in [-0.3, -0.25) is 10.1 Å². The molecule has 1 saturated heterocycles. The molecule has 0 spiro atoms. The maximum Gasteiger partial charge on any atom is 0.338 e. The fourth-order valence-corrected chi connectivity index (χ4v) is 4.34. The van der Waals surface area contributed by atoms with Crippen LogP contribution >= 0.6 is 0 Å². The number of nitrogens with zero attached hydrogens (tertiary/aromatic N) is 1. The van der Waals surface area contributed by atoms with E-state index in [9.17, 15) is 22.8 Å². The van der Waals surface area contributed by atoms with Gasteiger partial charge in [-0.2, -0.15) is 4.31 Å². The van der Waals surface area contributed by atoms with Gasteiger partial charge in [-0.15, -0.1) is 0 Å². The number of carbonyl (C=O) groups is 3. The van der Waals surface area contributed by atoms with E-state index in [1.54, 1.807) is 27.7 Å². The number of rotatable bonds is 5. The molecule has 2 N–H and O–H groups in total. The van der Waals surface area contributed by atoms with Gasteiger partial charge in [0.25, 0.3) is 5.91 Å². The second kappa shape index (κ2) is 9.54. The van der Waals surface area contributed by atoms with Gasteiger partial charge in [0, 0.05) is 18.6 Å². The molecule has 1 aliphatic rings.